The van der Waals surface area contributed by atoms with Crippen LogP contribution in [0, 0.1) is 0 Å². The van der Waals surface area contributed by atoms with E-state index in [-0.39, 0.29) is 6.61 Å². The first-order valence-corrected chi connectivity index (χ1v) is 6.69. The maximum atomic E-state index is 11.3. The van der Waals surface area contributed by atoms with Gasteiger partial charge in [0.1, 0.15) is 0 Å². The maximum Gasteiger partial charge on any atom is 0.337 e. The summed E-state index contributed by atoms with van der Waals surface area (Å²) in [5, 5.41) is 19.1. The Bertz CT molecular complexity index is 787. The molecule has 106 valence electrons. The topological polar surface area (TPSA) is 62.5 Å². The Balaban J connectivity index is 2.01. The van der Waals surface area contributed by atoms with Gasteiger partial charge in [0.25, 0.3) is 0 Å². The van der Waals surface area contributed by atoms with E-state index in [1.165, 1.54) is 0 Å². The Morgan fingerprint density at radius 2 is 1.67 bits per heavy atom. The van der Waals surface area contributed by atoms with Crippen molar-refractivity contribution in [3.05, 3.63) is 71.4 Å². The van der Waals surface area contributed by atoms with Gasteiger partial charge >= 0.3 is 5.97 Å². The first-order chi connectivity index (χ1) is 10.2. The fourth-order valence-electron chi connectivity index (χ4n) is 2.49. The number of carboxylic acids is 1. The zero-order chi connectivity index (χ0) is 14.8. The smallest absolute Gasteiger partial charge is 0.337 e. The van der Waals surface area contributed by atoms with Gasteiger partial charge in [0.2, 0.25) is 0 Å². The van der Waals surface area contributed by atoms with Crippen LogP contribution in [0.5, 0.6) is 0 Å². The number of nitrogens with zero attached hydrogens (tertiary/aromatic N) is 1. The van der Waals surface area contributed by atoms with Crippen molar-refractivity contribution in [1.82, 2.24) is 4.57 Å². The van der Waals surface area contributed by atoms with Crippen LogP contribution in [0.1, 0.15) is 21.5 Å². The normalized spacial score (nSPS) is 10.9. The fourth-order valence-corrected chi connectivity index (χ4v) is 2.49. The van der Waals surface area contributed by atoms with Crippen molar-refractivity contribution in [3.63, 3.8) is 0 Å². The number of carbonyl (C=O) groups is 1. The van der Waals surface area contributed by atoms with Gasteiger partial charge in [-0.1, -0.05) is 42.5 Å². The average molecular weight is 281 g/mol. The lowest BCUT2D eigenvalue weighted by molar-refractivity contribution is 0.0699. The summed E-state index contributed by atoms with van der Waals surface area (Å²) in [6.45, 7) is 0.620. The zero-order valence-electron chi connectivity index (χ0n) is 11.4. The molecule has 0 saturated carbocycles. The molecule has 0 radical (unpaired) electrons. The molecule has 4 heteroatoms. The van der Waals surface area contributed by atoms with E-state index < -0.39 is 5.97 Å². The van der Waals surface area contributed by atoms with Crippen LogP contribution in [0.4, 0.5) is 0 Å². The highest BCUT2D eigenvalue weighted by atomic mass is 16.4. The van der Waals surface area contributed by atoms with Gasteiger partial charge in [-0.25, -0.2) is 4.79 Å². The second kappa shape index (κ2) is 5.42. The zero-order valence-corrected chi connectivity index (χ0v) is 11.4. The third kappa shape index (κ3) is 2.53. The van der Waals surface area contributed by atoms with Gasteiger partial charge in [-0.15, -0.1) is 0 Å². The highest BCUT2D eigenvalue weighted by Crippen LogP contribution is 2.22. The highest BCUT2D eigenvalue weighted by molar-refractivity contribution is 6.03. The maximum absolute atomic E-state index is 11.3. The minimum atomic E-state index is -0.916. The van der Waals surface area contributed by atoms with Gasteiger partial charge in [0.05, 0.1) is 12.2 Å². The molecular weight excluding hydrogens is 266 g/mol. The molecule has 0 unspecified atom stereocenters. The molecule has 0 aliphatic rings. The lowest BCUT2D eigenvalue weighted by Gasteiger charge is -2.06. The van der Waals surface area contributed by atoms with Crippen LogP contribution < -0.4 is 0 Å². The minimum absolute atomic E-state index is 0.0237. The number of carboxylic acid groups (broad SMARTS) is 1. The monoisotopic (exact) mass is 281 g/mol. The summed E-state index contributed by atoms with van der Waals surface area (Å²) in [6, 6.07) is 15.1. The van der Waals surface area contributed by atoms with Crippen molar-refractivity contribution in [2.24, 2.45) is 0 Å². The number of benzene rings is 2. The molecule has 0 fully saturated rings. The SMILES string of the molecule is O=C(O)c1cn(Cc2ccc(CO)cc2)c2ccccc12. The first-order valence-electron chi connectivity index (χ1n) is 6.69. The van der Waals surface area contributed by atoms with E-state index in [2.05, 4.69) is 0 Å². The number of rotatable bonds is 4. The lowest BCUT2D eigenvalue weighted by Crippen LogP contribution is -1.99. The van der Waals surface area contributed by atoms with Crippen molar-refractivity contribution in [2.45, 2.75) is 13.2 Å². The Morgan fingerprint density at radius 3 is 2.33 bits per heavy atom. The average Bonchev–Trinajstić information content (AvgIpc) is 2.87. The number of hydrogen-bond acceptors (Lipinski definition) is 2. The number of aromatic carboxylic acids is 1. The summed E-state index contributed by atoms with van der Waals surface area (Å²) >= 11 is 0. The van der Waals surface area contributed by atoms with E-state index in [0.29, 0.717) is 12.1 Å². The molecule has 1 aromatic heterocycles. The molecule has 21 heavy (non-hydrogen) atoms. The van der Waals surface area contributed by atoms with Crippen molar-refractivity contribution >= 4 is 16.9 Å². The molecule has 0 aliphatic carbocycles. The van der Waals surface area contributed by atoms with Gasteiger partial charge < -0.3 is 14.8 Å². The number of para-hydroxylation sites is 1. The second-order valence-corrected chi connectivity index (χ2v) is 4.97. The molecule has 1 heterocycles. The predicted octanol–water partition coefficient (Wildman–Crippen LogP) is 2.88. The van der Waals surface area contributed by atoms with Gasteiger partial charge in [-0.2, -0.15) is 0 Å². The van der Waals surface area contributed by atoms with E-state index >= 15 is 0 Å². The molecule has 0 saturated heterocycles. The number of fused-ring (bicyclic) bond motifs is 1. The lowest BCUT2D eigenvalue weighted by atomic mass is 10.1. The Hall–Kier alpha value is -2.59. The summed E-state index contributed by atoms with van der Waals surface area (Å²) in [5.41, 5.74) is 3.14. The third-order valence-corrected chi connectivity index (χ3v) is 3.58. The van der Waals surface area contributed by atoms with Crippen LogP contribution in [-0.4, -0.2) is 20.7 Å². The molecule has 3 rings (SSSR count). The Kier molecular flexibility index (Phi) is 3.46. The van der Waals surface area contributed by atoms with Crippen molar-refractivity contribution in [3.8, 4) is 0 Å². The second-order valence-electron chi connectivity index (χ2n) is 4.97. The van der Waals surface area contributed by atoms with Gasteiger partial charge in [-0.05, 0) is 17.2 Å². The minimum Gasteiger partial charge on any atom is -0.478 e. The van der Waals surface area contributed by atoms with E-state index in [9.17, 15) is 9.90 Å². The largest absolute Gasteiger partial charge is 0.478 e. The van der Waals surface area contributed by atoms with Gasteiger partial charge in [0, 0.05) is 23.6 Å². The predicted molar refractivity (Wildman–Crippen MR) is 80.4 cm³/mol. The number of hydrogen-bond donors (Lipinski definition) is 2. The van der Waals surface area contributed by atoms with Gasteiger partial charge in [0.15, 0.2) is 0 Å². The number of aliphatic hydroxyl groups excluding tert-OH is 1. The van der Waals surface area contributed by atoms with Crippen LogP contribution in [0.3, 0.4) is 0 Å². The van der Waals surface area contributed by atoms with Crippen LogP contribution in [0.15, 0.2) is 54.7 Å². The van der Waals surface area contributed by atoms with E-state index in [1.807, 2.05) is 53.1 Å². The number of aromatic nitrogens is 1. The number of aliphatic hydroxyl groups is 1. The summed E-state index contributed by atoms with van der Waals surface area (Å²) < 4.78 is 1.94. The van der Waals surface area contributed by atoms with E-state index in [0.717, 1.165) is 22.0 Å². The molecule has 4 nitrogen and oxygen atoms in total. The van der Waals surface area contributed by atoms with Crippen molar-refractivity contribution in [1.29, 1.82) is 0 Å². The molecule has 0 spiro atoms. The standard InChI is InChI=1S/C17H15NO3/c19-11-13-7-5-12(6-8-13)9-18-10-15(17(20)21)14-3-1-2-4-16(14)18/h1-8,10,19H,9,11H2,(H,20,21). The van der Waals surface area contributed by atoms with Crippen molar-refractivity contribution in [2.75, 3.05) is 0 Å². The summed E-state index contributed by atoms with van der Waals surface area (Å²) in [6.07, 6.45) is 1.67. The summed E-state index contributed by atoms with van der Waals surface area (Å²) in [5.74, 6) is -0.916. The molecule has 0 atom stereocenters. The Morgan fingerprint density at radius 1 is 1.00 bits per heavy atom. The quantitative estimate of drug-likeness (QED) is 0.773. The van der Waals surface area contributed by atoms with Crippen LogP contribution >= 0.6 is 0 Å². The Labute approximate surface area is 121 Å². The van der Waals surface area contributed by atoms with Crippen LogP contribution in [-0.2, 0) is 13.2 Å². The van der Waals surface area contributed by atoms with Crippen LogP contribution in [0.25, 0.3) is 10.9 Å². The highest BCUT2D eigenvalue weighted by Gasteiger charge is 2.13. The van der Waals surface area contributed by atoms with Crippen LogP contribution in [0.2, 0.25) is 0 Å². The molecule has 3 aromatic rings. The molecule has 0 bridgehead atoms. The molecule has 2 N–H and O–H groups in total. The molecule has 0 aliphatic heterocycles. The van der Waals surface area contributed by atoms with E-state index in [1.54, 1.807) is 6.20 Å². The first kappa shape index (κ1) is 13.4. The molecule has 0 amide bonds. The molecular formula is C17H15NO3. The molecule has 2 aromatic carbocycles. The van der Waals surface area contributed by atoms with Gasteiger partial charge in [-0.3, -0.25) is 0 Å². The van der Waals surface area contributed by atoms with Crippen molar-refractivity contribution < 1.29 is 15.0 Å². The fraction of sp³-hybridized carbons (Fsp3) is 0.118. The summed E-state index contributed by atoms with van der Waals surface area (Å²) in [7, 11) is 0. The summed E-state index contributed by atoms with van der Waals surface area (Å²) in [4.78, 5) is 11.3. The third-order valence-electron chi connectivity index (χ3n) is 3.58. The van der Waals surface area contributed by atoms with E-state index in [4.69, 9.17) is 5.11 Å².